The number of rotatable bonds is 3. The van der Waals surface area contributed by atoms with E-state index in [2.05, 4.69) is 53.6 Å². The van der Waals surface area contributed by atoms with E-state index in [9.17, 15) is 0 Å². The highest BCUT2D eigenvalue weighted by atomic mass is 79.9. The lowest BCUT2D eigenvalue weighted by molar-refractivity contribution is 0.747. The zero-order valence-electron chi connectivity index (χ0n) is 8.91. The molecule has 0 saturated heterocycles. The first kappa shape index (κ1) is 12.0. The predicted molar refractivity (Wildman–Crippen MR) is 64.8 cm³/mol. The molecule has 4 heteroatoms. The van der Waals surface area contributed by atoms with Crippen molar-refractivity contribution >= 4 is 27.7 Å². The van der Waals surface area contributed by atoms with Crippen LogP contribution in [0.2, 0.25) is 0 Å². The Kier molecular flexibility index (Phi) is 4.38. The monoisotopic (exact) mass is 274 g/mol. The van der Waals surface area contributed by atoms with Crippen LogP contribution in [0.3, 0.4) is 0 Å². The lowest BCUT2D eigenvalue weighted by Crippen LogP contribution is -2.00. The molecule has 0 atom stereocenters. The zero-order valence-corrected chi connectivity index (χ0v) is 11.3. The minimum absolute atomic E-state index is 0.374. The van der Waals surface area contributed by atoms with Crippen molar-refractivity contribution in [3.05, 3.63) is 16.5 Å². The first-order chi connectivity index (χ1) is 6.49. The summed E-state index contributed by atoms with van der Waals surface area (Å²) in [5, 5.41) is 1.60. The van der Waals surface area contributed by atoms with Gasteiger partial charge in [0.25, 0.3) is 0 Å². The largest absolute Gasteiger partial charge is 0.226 e. The van der Waals surface area contributed by atoms with E-state index in [1.807, 2.05) is 6.07 Å². The van der Waals surface area contributed by atoms with Gasteiger partial charge >= 0.3 is 0 Å². The van der Waals surface area contributed by atoms with Crippen LogP contribution in [-0.2, 0) is 0 Å². The maximum absolute atomic E-state index is 4.50. The molecule has 1 rings (SSSR count). The first-order valence-corrected chi connectivity index (χ1v) is 6.37. The van der Waals surface area contributed by atoms with Gasteiger partial charge in [0.2, 0.25) is 0 Å². The Labute approximate surface area is 98.1 Å². The molecule has 14 heavy (non-hydrogen) atoms. The molecule has 0 aliphatic rings. The highest BCUT2D eigenvalue weighted by Crippen LogP contribution is 2.24. The topological polar surface area (TPSA) is 25.8 Å². The van der Waals surface area contributed by atoms with Gasteiger partial charge in [-0.1, -0.05) is 27.7 Å². The smallest absolute Gasteiger partial charge is 0.133 e. The van der Waals surface area contributed by atoms with Crippen molar-refractivity contribution in [1.82, 2.24) is 9.97 Å². The molecule has 0 radical (unpaired) electrons. The number of aromatic nitrogens is 2. The van der Waals surface area contributed by atoms with Crippen LogP contribution in [0.1, 0.15) is 39.4 Å². The van der Waals surface area contributed by atoms with Crippen LogP contribution in [0.25, 0.3) is 0 Å². The fourth-order valence-electron chi connectivity index (χ4n) is 0.974. The Morgan fingerprint density at radius 3 is 2.36 bits per heavy atom. The van der Waals surface area contributed by atoms with Crippen molar-refractivity contribution in [2.45, 2.75) is 43.9 Å². The van der Waals surface area contributed by atoms with Gasteiger partial charge in [0.15, 0.2) is 0 Å². The molecule has 1 aromatic heterocycles. The van der Waals surface area contributed by atoms with Crippen LogP contribution in [0.15, 0.2) is 15.7 Å². The molecule has 0 aliphatic heterocycles. The summed E-state index contributed by atoms with van der Waals surface area (Å²) in [6.45, 7) is 8.53. The molecule has 0 fully saturated rings. The molecule has 0 saturated carbocycles. The van der Waals surface area contributed by atoms with E-state index in [0.29, 0.717) is 11.2 Å². The third-order valence-electron chi connectivity index (χ3n) is 1.56. The van der Waals surface area contributed by atoms with E-state index in [1.54, 1.807) is 11.8 Å². The number of nitrogens with zero attached hydrogens (tertiary/aromatic N) is 2. The molecular weight excluding hydrogens is 260 g/mol. The third kappa shape index (κ3) is 3.58. The Hall–Kier alpha value is -0.0900. The minimum Gasteiger partial charge on any atom is -0.226 e. The van der Waals surface area contributed by atoms with Crippen LogP contribution in [-0.4, -0.2) is 15.2 Å². The van der Waals surface area contributed by atoms with E-state index < -0.39 is 0 Å². The summed E-state index contributed by atoms with van der Waals surface area (Å²) >= 11 is 5.17. The highest BCUT2D eigenvalue weighted by Gasteiger charge is 2.08. The second-order valence-electron chi connectivity index (χ2n) is 3.71. The Morgan fingerprint density at radius 2 is 1.86 bits per heavy atom. The zero-order chi connectivity index (χ0) is 10.7. The van der Waals surface area contributed by atoms with Gasteiger partial charge in [-0.25, -0.2) is 9.97 Å². The van der Waals surface area contributed by atoms with Crippen molar-refractivity contribution in [1.29, 1.82) is 0 Å². The third-order valence-corrected chi connectivity index (χ3v) is 2.89. The molecule has 0 spiro atoms. The average Bonchev–Trinajstić information content (AvgIpc) is 2.01. The lowest BCUT2D eigenvalue weighted by Gasteiger charge is -2.08. The second kappa shape index (κ2) is 5.12. The highest BCUT2D eigenvalue weighted by molar-refractivity contribution is 9.10. The summed E-state index contributed by atoms with van der Waals surface area (Å²) in [7, 11) is 0. The molecular formula is C10H15BrN2S. The van der Waals surface area contributed by atoms with Gasteiger partial charge in [-0.05, 0) is 15.9 Å². The average molecular weight is 275 g/mol. The summed E-state index contributed by atoms with van der Waals surface area (Å²) in [5.41, 5.74) is 0. The number of hydrogen-bond donors (Lipinski definition) is 0. The van der Waals surface area contributed by atoms with Crippen molar-refractivity contribution in [2.24, 2.45) is 0 Å². The number of thioether (sulfide) groups is 1. The quantitative estimate of drug-likeness (QED) is 0.618. The molecule has 1 aromatic rings. The van der Waals surface area contributed by atoms with Crippen LogP contribution in [0, 0.1) is 0 Å². The van der Waals surface area contributed by atoms with Crippen molar-refractivity contribution in [3.8, 4) is 0 Å². The normalized spacial score (nSPS) is 11.4. The number of halogens is 1. The minimum atomic E-state index is 0.374. The molecule has 0 aliphatic carbocycles. The van der Waals surface area contributed by atoms with Crippen LogP contribution < -0.4 is 0 Å². The first-order valence-electron chi connectivity index (χ1n) is 4.70. The summed E-state index contributed by atoms with van der Waals surface area (Å²) in [5.74, 6) is 1.28. The van der Waals surface area contributed by atoms with Crippen LogP contribution in [0.5, 0.6) is 0 Å². The van der Waals surface area contributed by atoms with E-state index in [1.165, 1.54) is 0 Å². The van der Waals surface area contributed by atoms with Gasteiger partial charge in [-0.3, -0.25) is 0 Å². The van der Waals surface area contributed by atoms with Gasteiger partial charge in [0.05, 0.1) is 0 Å². The molecule has 0 amide bonds. The van der Waals surface area contributed by atoms with E-state index in [0.717, 1.165) is 15.5 Å². The molecule has 1 heterocycles. The summed E-state index contributed by atoms with van der Waals surface area (Å²) in [4.78, 5) is 8.83. The van der Waals surface area contributed by atoms with Crippen LogP contribution >= 0.6 is 27.7 Å². The Bertz CT molecular complexity index is 313. The Balaban J connectivity index is 2.95. The standard InChI is InChI=1S/C10H15BrN2S/c1-6(2)10-12-8(11)5-9(13-10)14-7(3)4/h5-7H,1-4H3. The maximum Gasteiger partial charge on any atom is 0.133 e. The van der Waals surface area contributed by atoms with Gasteiger partial charge in [0.1, 0.15) is 15.5 Å². The molecule has 0 unspecified atom stereocenters. The molecule has 0 aromatic carbocycles. The summed E-state index contributed by atoms with van der Waals surface area (Å²) in [6, 6.07) is 1.97. The predicted octanol–water partition coefficient (Wildman–Crippen LogP) is 3.86. The molecule has 0 N–H and O–H groups in total. The van der Waals surface area contributed by atoms with Crippen molar-refractivity contribution < 1.29 is 0 Å². The van der Waals surface area contributed by atoms with Gasteiger partial charge in [-0.2, -0.15) is 0 Å². The fourth-order valence-corrected chi connectivity index (χ4v) is 2.33. The summed E-state index contributed by atoms with van der Waals surface area (Å²) in [6.07, 6.45) is 0. The van der Waals surface area contributed by atoms with Crippen molar-refractivity contribution in [3.63, 3.8) is 0 Å². The molecule has 2 nitrogen and oxygen atoms in total. The van der Waals surface area contributed by atoms with Crippen molar-refractivity contribution in [2.75, 3.05) is 0 Å². The van der Waals surface area contributed by atoms with Gasteiger partial charge < -0.3 is 0 Å². The van der Waals surface area contributed by atoms with E-state index in [4.69, 9.17) is 0 Å². The molecule has 0 bridgehead atoms. The number of hydrogen-bond acceptors (Lipinski definition) is 3. The Morgan fingerprint density at radius 1 is 1.21 bits per heavy atom. The molecule has 78 valence electrons. The fraction of sp³-hybridized carbons (Fsp3) is 0.600. The van der Waals surface area contributed by atoms with Crippen LogP contribution in [0.4, 0.5) is 0 Å². The maximum atomic E-state index is 4.50. The van der Waals surface area contributed by atoms with E-state index in [-0.39, 0.29) is 0 Å². The SMILES string of the molecule is CC(C)Sc1cc(Br)nc(C(C)C)n1. The van der Waals surface area contributed by atoms with Gasteiger partial charge in [0, 0.05) is 17.2 Å². The lowest BCUT2D eigenvalue weighted by atomic mass is 10.2. The van der Waals surface area contributed by atoms with E-state index >= 15 is 0 Å². The second-order valence-corrected chi connectivity index (χ2v) is 6.12. The summed E-state index contributed by atoms with van der Waals surface area (Å²) < 4.78 is 0.874. The van der Waals surface area contributed by atoms with Gasteiger partial charge in [-0.15, -0.1) is 11.8 Å².